The number of Topliss-reactive ketones (excluding diaryl/α,β-unsaturated/α-hetero) is 1. The number of alkyl halides is 7. The molecule has 0 atom stereocenters. The van der Waals surface area contributed by atoms with Gasteiger partial charge in [-0.25, -0.2) is 9.78 Å². The number of pyridine rings is 1. The molecule has 0 saturated carbocycles. The number of ketones is 1. The number of carbonyl (C=O) groups is 2. The van der Waals surface area contributed by atoms with Crippen molar-refractivity contribution in [2.75, 3.05) is 26.2 Å². The van der Waals surface area contributed by atoms with Crippen molar-refractivity contribution in [1.29, 1.82) is 0 Å². The number of urea groups is 1. The van der Waals surface area contributed by atoms with Crippen LogP contribution < -0.4 is 5.32 Å². The van der Waals surface area contributed by atoms with Gasteiger partial charge < -0.3 is 19.7 Å². The highest BCUT2D eigenvalue weighted by Crippen LogP contribution is 2.41. The lowest BCUT2D eigenvalue weighted by Crippen LogP contribution is -2.59. The number of hydrogen-bond donors (Lipinski definition) is 1. The van der Waals surface area contributed by atoms with Crippen LogP contribution in [-0.4, -0.2) is 74.0 Å². The van der Waals surface area contributed by atoms with Gasteiger partial charge in [0.1, 0.15) is 18.7 Å². The summed E-state index contributed by atoms with van der Waals surface area (Å²) >= 11 is 0. The van der Waals surface area contributed by atoms with Crippen LogP contribution in [0, 0.1) is 0 Å². The van der Waals surface area contributed by atoms with Gasteiger partial charge in [0.25, 0.3) is 0 Å². The van der Waals surface area contributed by atoms with E-state index in [1.54, 1.807) is 39.6 Å². The summed E-state index contributed by atoms with van der Waals surface area (Å²) in [5.74, 6) is -0.290. The second-order valence-electron chi connectivity index (χ2n) is 10.8. The van der Waals surface area contributed by atoms with Crippen molar-refractivity contribution in [2.45, 2.75) is 31.5 Å². The Morgan fingerprint density at radius 3 is 2.50 bits per heavy atom. The number of carbonyl (C=O) groups excluding carboxylic acids is 2. The number of benzene rings is 1. The third-order valence-electron chi connectivity index (χ3n) is 7.84. The lowest BCUT2D eigenvalue weighted by Gasteiger charge is -2.39. The van der Waals surface area contributed by atoms with Gasteiger partial charge in [0.2, 0.25) is 0 Å². The van der Waals surface area contributed by atoms with Crippen LogP contribution in [0.4, 0.5) is 35.5 Å². The van der Waals surface area contributed by atoms with Crippen LogP contribution in [0.15, 0.2) is 48.9 Å². The normalized spacial score (nSPS) is 20.0. The molecule has 6 heterocycles. The molecule has 0 bridgehead atoms. The molecule has 16 heteroatoms. The Kier molecular flexibility index (Phi) is 6.05. The van der Waals surface area contributed by atoms with E-state index in [1.807, 2.05) is 0 Å². The summed E-state index contributed by atoms with van der Waals surface area (Å²) in [6.07, 6.45) is -8.66. The Morgan fingerprint density at radius 2 is 1.77 bits per heavy atom. The first kappa shape index (κ1) is 28.2. The van der Waals surface area contributed by atoms with Crippen molar-refractivity contribution in [1.82, 2.24) is 29.1 Å². The Labute approximate surface area is 243 Å². The summed E-state index contributed by atoms with van der Waals surface area (Å²) in [7, 11) is 0. The molecule has 2 amide bonds. The third-order valence-corrected chi connectivity index (χ3v) is 7.84. The van der Waals surface area contributed by atoms with Gasteiger partial charge >= 0.3 is 24.4 Å². The molecule has 7 rings (SSSR count). The maximum atomic E-state index is 14.2. The molecule has 0 unspecified atom stereocenters. The fourth-order valence-corrected chi connectivity index (χ4v) is 6.09. The van der Waals surface area contributed by atoms with Crippen LogP contribution in [0.3, 0.4) is 0 Å². The number of hydrogen-bond acceptors (Lipinski definition) is 5. The minimum Gasteiger partial charge on any atom is -0.376 e. The smallest absolute Gasteiger partial charge is 0.376 e. The van der Waals surface area contributed by atoms with E-state index < -0.39 is 49.6 Å². The van der Waals surface area contributed by atoms with E-state index in [9.17, 15) is 40.3 Å². The number of aromatic nitrogens is 3. The molecule has 1 aromatic carbocycles. The zero-order valence-electron chi connectivity index (χ0n) is 22.5. The van der Waals surface area contributed by atoms with Crippen molar-refractivity contribution in [3.05, 3.63) is 71.3 Å². The molecule has 1 saturated heterocycles. The summed E-state index contributed by atoms with van der Waals surface area (Å²) < 4.78 is 105. The molecular formula is C28H21F7N6O3. The summed E-state index contributed by atoms with van der Waals surface area (Å²) in [4.78, 5) is 31.8. The Balaban J connectivity index is 1.35. The van der Waals surface area contributed by atoms with Crippen LogP contribution in [0.1, 0.15) is 22.4 Å². The van der Waals surface area contributed by atoms with Gasteiger partial charge in [-0.05, 0) is 29.8 Å². The van der Waals surface area contributed by atoms with Crippen LogP contribution in [-0.2, 0) is 28.8 Å². The van der Waals surface area contributed by atoms with Crippen molar-refractivity contribution in [3.8, 4) is 0 Å². The largest absolute Gasteiger partial charge is 0.416 e. The number of ether oxygens (including phenoxy) is 1. The molecule has 230 valence electrons. The van der Waals surface area contributed by atoms with E-state index in [4.69, 9.17) is 0 Å². The lowest BCUT2D eigenvalue weighted by molar-refractivity contribution is -0.400. The second kappa shape index (κ2) is 9.45. The molecule has 9 nitrogen and oxygen atoms in total. The van der Waals surface area contributed by atoms with E-state index in [0.717, 1.165) is 17.0 Å². The average molecular weight is 623 g/mol. The molecule has 1 fully saturated rings. The number of morpholine rings is 1. The van der Waals surface area contributed by atoms with Gasteiger partial charge in [0.15, 0.2) is 5.78 Å². The number of imidazole rings is 1. The summed E-state index contributed by atoms with van der Waals surface area (Å²) in [5, 5.41) is 3.16. The summed E-state index contributed by atoms with van der Waals surface area (Å²) in [6.45, 7) is -3.62. The van der Waals surface area contributed by atoms with Crippen molar-refractivity contribution in [2.24, 2.45) is 0 Å². The van der Waals surface area contributed by atoms with E-state index in [0.29, 0.717) is 28.1 Å². The van der Waals surface area contributed by atoms with Crippen LogP contribution in [0.25, 0.3) is 27.8 Å². The number of nitrogens with zero attached hydrogens (tertiary/aromatic N) is 5. The standard InChI is InChI=1S/C28H21F7N6O3/c29-26(30)13-40(14-27(31,32)44-26)25(43)39-6-5-38-12-18(17-8-16(28(33,34)35)7-15(11-39)24(17)38)23-22(20(42)10-37-23)19-9-36-21-3-1-2-4-41(19)21/h1-4,7-9,12,37H,5-6,10-11,13-14H2. The van der Waals surface area contributed by atoms with Crippen molar-refractivity contribution < 1.29 is 45.1 Å². The highest BCUT2D eigenvalue weighted by Gasteiger charge is 2.53. The van der Waals surface area contributed by atoms with E-state index in [1.165, 1.54) is 6.20 Å². The number of rotatable bonds is 2. The highest BCUT2D eigenvalue weighted by atomic mass is 19.4. The monoisotopic (exact) mass is 622 g/mol. The molecular weight excluding hydrogens is 601 g/mol. The molecule has 44 heavy (non-hydrogen) atoms. The van der Waals surface area contributed by atoms with Gasteiger partial charge in [-0.2, -0.15) is 30.7 Å². The van der Waals surface area contributed by atoms with E-state index in [-0.39, 0.29) is 46.8 Å². The molecule has 3 aromatic heterocycles. The van der Waals surface area contributed by atoms with Crippen LogP contribution >= 0.6 is 0 Å². The summed E-state index contributed by atoms with van der Waals surface area (Å²) in [5.41, 5.74) is 1.18. The molecule has 4 aromatic rings. The SMILES string of the molecule is O=C1CNC(c2cn3c4c(cc(C(F)(F)F)cc24)CN(C(=O)N2CC(F)(F)OC(F)(F)C2)CC3)=C1c1cnc2ccccn12. The van der Waals surface area contributed by atoms with Crippen molar-refractivity contribution >= 4 is 39.6 Å². The number of halogens is 7. The molecule has 0 aliphatic carbocycles. The molecule has 0 spiro atoms. The average Bonchev–Trinajstić information content (AvgIpc) is 3.59. The van der Waals surface area contributed by atoms with Gasteiger partial charge in [0, 0.05) is 43.0 Å². The van der Waals surface area contributed by atoms with Crippen LogP contribution in [0.2, 0.25) is 0 Å². The Hall–Kier alpha value is -4.60. The molecule has 0 radical (unpaired) electrons. The zero-order valence-corrected chi connectivity index (χ0v) is 22.5. The third kappa shape index (κ3) is 4.63. The molecule has 3 aliphatic rings. The Morgan fingerprint density at radius 1 is 1.02 bits per heavy atom. The highest BCUT2D eigenvalue weighted by molar-refractivity contribution is 6.32. The minimum absolute atomic E-state index is 0.00387. The zero-order chi connectivity index (χ0) is 31.2. The predicted molar refractivity (Wildman–Crippen MR) is 140 cm³/mol. The maximum Gasteiger partial charge on any atom is 0.416 e. The first-order valence-electron chi connectivity index (χ1n) is 13.4. The van der Waals surface area contributed by atoms with Crippen molar-refractivity contribution in [3.63, 3.8) is 0 Å². The Bertz CT molecular complexity index is 1880. The van der Waals surface area contributed by atoms with Crippen LogP contribution in [0.5, 0.6) is 0 Å². The minimum atomic E-state index is -4.81. The lowest BCUT2D eigenvalue weighted by atomic mass is 9.99. The first-order valence-corrected chi connectivity index (χ1v) is 13.4. The predicted octanol–water partition coefficient (Wildman–Crippen LogP) is 4.80. The van der Waals surface area contributed by atoms with Gasteiger partial charge in [-0.15, -0.1) is 0 Å². The second-order valence-corrected chi connectivity index (χ2v) is 10.8. The quantitative estimate of drug-likeness (QED) is 0.325. The van der Waals surface area contributed by atoms with Gasteiger partial charge in [0.05, 0.1) is 40.8 Å². The van der Waals surface area contributed by atoms with E-state index in [2.05, 4.69) is 15.0 Å². The van der Waals surface area contributed by atoms with Gasteiger partial charge in [-0.1, -0.05) is 6.07 Å². The van der Waals surface area contributed by atoms with E-state index >= 15 is 0 Å². The number of amides is 2. The summed E-state index contributed by atoms with van der Waals surface area (Å²) in [6, 6.07) is 5.87. The number of nitrogens with one attached hydrogen (secondary N) is 1. The number of fused-ring (bicyclic) bond motifs is 1. The molecule has 3 aliphatic heterocycles. The fourth-order valence-electron chi connectivity index (χ4n) is 6.09. The topological polar surface area (TPSA) is 84.1 Å². The first-order chi connectivity index (χ1) is 20.7. The molecule has 1 N–H and O–H groups in total. The maximum absolute atomic E-state index is 14.2. The fraction of sp³-hybridized carbons (Fsp3) is 0.321. The van der Waals surface area contributed by atoms with Gasteiger partial charge in [-0.3, -0.25) is 13.9 Å².